The normalized spacial score (nSPS) is 11.2. The van der Waals surface area contributed by atoms with Gasteiger partial charge in [-0.15, -0.1) is 0 Å². The lowest BCUT2D eigenvalue weighted by Gasteiger charge is -2.08. The van der Waals surface area contributed by atoms with Crippen LogP contribution in [0.2, 0.25) is 0 Å². The van der Waals surface area contributed by atoms with Crippen molar-refractivity contribution in [1.29, 1.82) is 0 Å². The second-order valence-electron chi connectivity index (χ2n) is 3.83. The number of ether oxygens (including phenoxy) is 1. The molecule has 0 aromatic heterocycles. The van der Waals surface area contributed by atoms with Gasteiger partial charge in [-0.2, -0.15) is 0 Å². The zero-order chi connectivity index (χ0) is 13.1. The predicted molar refractivity (Wildman–Crippen MR) is 64.9 cm³/mol. The van der Waals surface area contributed by atoms with Crippen LogP contribution in [0.5, 0.6) is 0 Å². The molecular formula is C12H16O4S. The number of hydrogen-bond donors (Lipinski definition) is 0. The molecule has 1 aromatic rings. The first kappa shape index (κ1) is 13.7. The van der Waals surface area contributed by atoms with Gasteiger partial charge in [-0.1, -0.05) is 13.3 Å². The summed E-state index contributed by atoms with van der Waals surface area (Å²) in [7, 11) is -1.94. The highest BCUT2D eigenvalue weighted by molar-refractivity contribution is 7.90. The van der Waals surface area contributed by atoms with Crippen molar-refractivity contribution in [2.75, 3.05) is 13.4 Å². The van der Waals surface area contributed by atoms with Gasteiger partial charge in [-0.25, -0.2) is 13.2 Å². The predicted octanol–water partition coefficient (Wildman–Crippen LogP) is 1.83. The van der Waals surface area contributed by atoms with Crippen molar-refractivity contribution in [2.45, 2.75) is 24.7 Å². The molecule has 5 heteroatoms. The molecule has 0 aliphatic heterocycles. The third-order valence-electron chi connectivity index (χ3n) is 2.43. The molecule has 1 aromatic carbocycles. The van der Waals surface area contributed by atoms with E-state index in [-0.39, 0.29) is 4.90 Å². The highest BCUT2D eigenvalue weighted by Gasteiger charge is 2.15. The minimum absolute atomic E-state index is 0.230. The Morgan fingerprint density at radius 2 is 2.00 bits per heavy atom. The quantitative estimate of drug-likeness (QED) is 0.771. The van der Waals surface area contributed by atoms with Crippen molar-refractivity contribution in [3.05, 3.63) is 29.3 Å². The molecule has 0 saturated carbocycles. The van der Waals surface area contributed by atoms with Crippen molar-refractivity contribution in [3.63, 3.8) is 0 Å². The topological polar surface area (TPSA) is 60.4 Å². The van der Waals surface area contributed by atoms with Gasteiger partial charge in [-0.05, 0) is 30.2 Å². The van der Waals surface area contributed by atoms with Crippen LogP contribution in [-0.2, 0) is 21.0 Å². The van der Waals surface area contributed by atoms with Crippen molar-refractivity contribution >= 4 is 15.8 Å². The highest BCUT2D eigenvalue weighted by Crippen LogP contribution is 2.18. The number of carbonyl (C=O) groups is 1. The van der Waals surface area contributed by atoms with E-state index in [0.29, 0.717) is 17.5 Å². The molecule has 17 heavy (non-hydrogen) atoms. The van der Waals surface area contributed by atoms with E-state index in [2.05, 4.69) is 4.74 Å². The van der Waals surface area contributed by atoms with Gasteiger partial charge in [0.05, 0.1) is 17.6 Å². The Morgan fingerprint density at radius 1 is 1.35 bits per heavy atom. The zero-order valence-electron chi connectivity index (χ0n) is 10.2. The summed E-state index contributed by atoms with van der Waals surface area (Å²) in [5.74, 6) is -0.437. The van der Waals surface area contributed by atoms with Gasteiger partial charge in [0, 0.05) is 6.26 Å². The van der Waals surface area contributed by atoms with Gasteiger partial charge in [0.1, 0.15) is 0 Å². The molecule has 0 unspecified atom stereocenters. The maximum absolute atomic E-state index is 11.5. The lowest BCUT2D eigenvalue weighted by Crippen LogP contribution is -2.08. The van der Waals surface area contributed by atoms with Crippen molar-refractivity contribution in [3.8, 4) is 0 Å². The van der Waals surface area contributed by atoms with E-state index in [1.54, 1.807) is 6.07 Å². The number of hydrogen-bond acceptors (Lipinski definition) is 4. The molecule has 0 saturated heterocycles. The number of carbonyl (C=O) groups excluding carboxylic acids is 1. The summed E-state index contributed by atoms with van der Waals surface area (Å²) in [5, 5.41) is 0. The van der Waals surface area contributed by atoms with Crippen LogP contribution in [0.15, 0.2) is 23.1 Å². The molecular weight excluding hydrogens is 240 g/mol. The smallest absolute Gasteiger partial charge is 0.338 e. The molecule has 4 nitrogen and oxygen atoms in total. The van der Waals surface area contributed by atoms with Crippen molar-refractivity contribution in [2.24, 2.45) is 0 Å². The van der Waals surface area contributed by atoms with E-state index in [1.807, 2.05) is 6.92 Å². The first-order valence-electron chi connectivity index (χ1n) is 5.31. The van der Waals surface area contributed by atoms with Gasteiger partial charge in [0.15, 0.2) is 9.84 Å². The Balaban J connectivity index is 3.31. The average molecular weight is 256 g/mol. The minimum atomic E-state index is -3.24. The average Bonchev–Trinajstić information content (AvgIpc) is 2.27. The van der Waals surface area contributed by atoms with Crippen LogP contribution in [-0.4, -0.2) is 27.8 Å². The standard InChI is InChI=1S/C12H16O4S/c1-4-5-9-8-10(17(3,14)15)6-7-11(9)12(13)16-2/h6-8H,4-5H2,1-3H3. The summed E-state index contributed by atoms with van der Waals surface area (Å²) in [6.45, 7) is 1.97. The summed E-state index contributed by atoms with van der Waals surface area (Å²) in [4.78, 5) is 11.7. The molecule has 0 radical (unpaired) electrons. The van der Waals surface area contributed by atoms with Crippen LogP contribution >= 0.6 is 0 Å². The second-order valence-corrected chi connectivity index (χ2v) is 5.85. The fourth-order valence-corrected chi connectivity index (χ4v) is 2.26. The summed E-state index contributed by atoms with van der Waals surface area (Å²) >= 11 is 0. The summed E-state index contributed by atoms with van der Waals surface area (Å²) in [6, 6.07) is 4.49. The second kappa shape index (κ2) is 5.31. The molecule has 0 amide bonds. The first-order valence-corrected chi connectivity index (χ1v) is 7.20. The SMILES string of the molecule is CCCc1cc(S(C)(=O)=O)ccc1C(=O)OC. The molecule has 0 heterocycles. The molecule has 0 aliphatic rings. The minimum Gasteiger partial charge on any atom is -0.465 e. The summed E-state index contributed by atoms with van der Waals surface area (Å²) in [5.41, 5.74) is 1.14. The lowest BCUT2D eigenvalue weighted by atomic mass is 10.0. The molecule has 0 N–H and O–H groups in total. The monoisotopic (exact) mass is 256 g/mol. The van der Waals surface area contributed by atoms with E-state index >= 15 is 0 Å². The largest absolute Gasteiger partial charge is 0.465 e. The Morgan fingerprint density at radius 3 is 2.47 bits per heavy atom. The highest BCUT2D eigenvalue weighted by atomic mass is 32.2. The molecule has 94 valence electrons. The number of sulfone groups is 1. The number of rotatable bonds is 4. The molecule has 0 bridgehead atoms. The van der Waals surface area contributed by atoms with Crippen LogP contribution < -0.4 is 0 Å². The van der Waals surface area contributed by atoms with Crippen LogP contribution in [0.25, 0.3) is 0 Å². The number of esters is 1. The fraction of sp³-hybridized carbons (Fsp3) is 0.417. The van der Waals surface area contributed by atoms with Gasteiger partial charge >= 0.3 is 5.97 Å². The lowest BCUT2D eigenvalue weighted by molar-refractivity contribution is 0.0599. The first-order chi connectivity index (χ1) is 7.90. The summed E-state index contributed by atoms with van der Waals surface area (Å²) in [6.07, 6.45) is 2.63. The maximum Gasteiger partial charge on any atom is 0.338 e. The van der Waals surface area contributed by atoms with Gasteiger partial charge in [-0.3, -0.25) is 0 Å². The Labute approximate surface area is 102 Å². The van der Waals surface area contributed by atoms with Crippen LogP contribution in [0.3, 0.4) is 0 Å². The van der Waals surface area contributed by atoms with E-state index in [9.17, 15) is 13.2 Å². The molecule has 1 rings (SSSR count). The third kappa shape index (κ3) is 3.30. The summed E-state index contributed by atoms with van der Waals surface area (Å²) < 4.78 is 27.5. The van der Waals surface area contributed by atoms with Crippen LogP contribution in [0.4, 0.5) is 0 Å². The van der Waals surface area contributed by atoms with Gasteiger partial charge < -0.3 is 4.74 Å². The molecule has 0 aliphatic carbocycles. The molecule has 0 fully saturated rings. The van der Waals surface area contributed by atoms with E-state index in [1.165, 1.54) is 19.2 Å². The molecule has 0 atom stereocenters. The van der Waals surface area contributed by atoms with E-state index in [4.69, 9.17) is 0 Å². The Hall–Kier alpha value is -1.36. The number of benzene rings is 1. The van der Waals surface area contributed by atoms with Crippen molar-refractivity contribution in [1.82, 2.24) is 0 Å². The zero-order valence-corrected chi connectivity index (χ0v) is 11.0. The maximum atomic E-state index is 11.5. The number of methoxy groups -OCH3 is 1. The van der Waals surface area contributed by atoms with Gasteiger partial charge in [0.2, 0.25) is 0 Å². The van der Waals surface area contributed by atoms with Crippen LogP contribution in [0.1, 0.15) is 29.3 Å². The van der Waals surface area contributed by atoms with Crippen molar-refractivity contribution < 1.29 is 17.9 Å². The fourth-order valence-electron chi connectivity index (χ4n) is 1.59. The number of aryl methyl sites for hydroxylation is 1. The Kier molecular flexibility index (Phi) is 4.28. The Bertz CT molecular complexity index is 517. The van der Waals surface area contributed by atoms with E-state index in [0.717, 1.165) is 12.7 Å². The van der Waals surface area contributed by atoms with Crippen LogP contribution in [0, 0.1) is 0 Å². The van der Waals surface area contributed by atoms with E-state index < -0.39 is 15.8 Å². The third-order valence-corrected chi connectivity index (χ3v) is 3.54. The molecule has 0 spiro atoms. The van der Waals surface area contributed by atoms with Gasteiger partial charge in [0.25, 0.3) is 0 Å².